The summed E-state index contributed by atoms with van der Waals surface area (Å²) in [4.78, 5) is 15.0. The molecule has 0 atom stereocenters. The van der Waals surface area contributed by atoms with E-state index >= 15 is 0 Å². The van der Waals surface area contributed by atoms with Crippen molar-refractivity contribution in [3.05, 3.63) is 53.6 Å². The molecule has 1 heterocycles. The van der Waals surface area contributed by atoms with Gasteiger partial charge in [0.2, 0.25) is 0 Å². The lowest BCUT2D eigenvalue weighted by Gasteiger charge is -2.06. The molecule has 0 saturated carbocycles. The number of hydrogen-bond donors (Lipinski definition) is 1. The normalized spacial score (nSPS) is 10.9. The Bertz CT molecular complexity index is 796. The smallest absolute Gasteiger partial charge is 0.0603 e. The molecule has 3 nitrogen and oxygen atoms in total. The summed E-state index contributed by atoms with van der Waals surface area (Å²) >= 11 is 7.18. The number of nitrogens with one attached hydrogen (secondary N) is 1. The van der Waals surface area contributed by atoms with Gasteiger partial charge in [-0.1, -0.05) is 41.9 Å². The second-order valence-electron chi connectivity index (χ2n) is 4.54. The zero-order valence-corrected chi connectivity index (χ0v) is 12.5. The first-order chi connectivity index (χ1) is 10.1. The van der Waals surface area contributed by atoms with Gasteiger partial charge in [-0.05, 0) is 23.8 Å². The van der Waals surface area contributed by atoms with E-state index in [1.165, 1.54) is 11.8 Å². The second kappa shape index (κ2) is 5.84. The van der Waals surface area contributed by atoms with Crippen molar-refractivity contribution < 1.29 is 9.90 Å². The summed E-state index contributed by atoms with van der Waals surface area (Å²) < 4.78 is 0. The van der Waals surface area contributed by atoms with Gasteiger partial charge in [-0.3, -0.25) is 0 Å². The topological polar surface area (TPSA) is 55.9 Å². The molecule has 0 aliphatic carbocycles. The Morgan fingerprint density at radius 1 is 1.14 bits per heavy atom. The van der Waals surface area contributed by atoms with Gasteiger partial charge in [-0.2, -0.15) is 0 Å². The average Bonchev–Trinajstić information content (AvgIpc) is 2.84. The van der Waals surface area contributed by atoms with E-state index in [-0.39, 0.29) is 5.75 Å². The molecule has 0 amide bonds. The highest BCUT2D eigenvalue weighted by Gasteiger charge is 2.13. The summed E-state index contributed by atoms with van der Waals surface area (Å²) in [6.45, 7) is 0. The van der Waals surface area contributed by atoms with Crippen molar-refractivity contribution in [3.8, 4) is 11.3 Å². The van der Waals surface area contributed by atoms with Crippen molar-refractivity contribution in [3.63, 3.8) is 0 Å². The SMILES string of the molecule is O=C([O-])CSc1c(-c2ccc(Cl)cc2)[nH]c2ccccc12. The van der Waals surface area contributed by atoms with Crippen LogP contribution in [0.25, 0.3) is 22.2 Å². The Balaban J connectivity index is 2.13. The van der Waals surface area contributed by atoms with Gasteiger partial charge in [0.05, 0.1) is 11.7 Å². The van der Waals surface area contributed by atoms with Crippen molar-refractivity contribution in [2.24, 2.45) is 0 Å². The first kappa shape index (κ1) is 14.0. The highest BCUT2D eigenvalue weighted by Crippen LogP contribution is 2.37. The Kier molecular flexibility index (Phi) is 3.90. The lowest BCUT2D eigenvalue weighted by Crippen LogP contribution is -2.24. The molecule has 106 valence electrons. The van der Waals surface area contributed by atoms with E-state index in [1.807, 2.05) is 48.5 Å². The first-order valence-electron chi connectivity index (χ1n) is 6.34. The third kappa shape index (κ3) is 2.91. The Hall–Kier alpha value is -1.91. The van der Waals surface area contributed by atoms with Gasteiger partial charge < -0.3 is 14.9 Å². The molecular weight excluding hydrogens is 306 g/mol. The van der Waals surface area contributed by atoms with E-state index in [2.05, 4.69) is 4.98 Å². The van der Waals surface area contributed by atoms with Crippen LogP contribution in [-0.2, 0) is 4.79 Å². The van der Waals surface area contributed by atoms with E-state index in [0.29, 0.717) is 5.02 Å². The van der Waals surface area contributed by atoms with Crippen LogP contribution in [0.4, 0.5) is 0 Å². The quantitative estimate of drug-likeness (QED) is 0.751. The lowest BCUT2D eigenvalue weighted by molar-refractivity contribution is -0.301. The maximum Gasteiger partial charge on any atom is 0.0603 e. The third-order valence-electron chi connectivity index (χ3n) is 3.13. The number of aliphatic carboxylic acids is 1. The number of carbonyl (C=O) groups is 1. The first-order valence-corrected chi connectivity index (χ1v) is 7.71. The number of aromatic nitrogens is 1. The van der Waals surface area contributed by atoms with Crippen molar-refractivity contribution in [1.82, 2.24) is 4.98 Å². The van der Waals surface area contributed by atoms with E-state index < -0.39 is 5.97 Å². The predicted molar refractivity (Wildman–Crippen MR) is 84.5 cm³/mol. The number of carboxylic acids is 1. The summed E-state index contributed by atoms with van der Waals surface area (Å²) in [5.74, 6) is -1.16. The molecule has 0 aliphatic heterocycles. The molecule has 1 aromatic heterocycles. The van der Waals surface area contributed by atoms with Crippen LogP contribution in [0, 0.1) is 0 Å². The van der Waals surface area contributed by atoms with Crippen molar-refractivity contribution >= 4 is 40.2 Å². The minimum absolute atomic E-state index is 0.0809. The molecule has 0 fully saturated rings. The Labute approximate surface area is 130 Å². The standard InChI is InChI=1S/C16H12ClNO2S/c17-11-7-5-10(6-8-11)15-16(21-9-14(19)20)12-3-1-2-4-13(12)18-15/h1-8,18H,9H2,(H,19,20)/p-1. The Morgan fingerprint density at radius 2 is 1.86 bits per heavy atom. The lowest BCUT2D eigenvalue weighted by atomic mass is 10.1. The molecule has 5 heteroatoms. The summed E-state index contributed by atoms with van der Waals surface area (Å²) in [5.41, 5.74) is 2.85. The van der Waals surface area contributed by atoms with E-state index in [9.17, 15) is 9.90 Å². The van der Waals surface area contributed by atoms with Gasteiger partial charge in [0.15, 0.2) is 0 Å². The summed E-state index contributed by atoms with van der Waals surface area (Å²) in [6, 6.07) is 15.3. The number of aromatic amines is 1. The third-order valence-corrected chi connectivity index (χ3v) is 4.47. The van der Waals surface area contributed by atoms with Gasteiger partial charge >= 0.3 is 0 Å². The van der Waals surface area contributed by atoms with Crippen molar-refractivity contribution in [1.29, 1.82) is 0 Å². The summed E-state index contributed by atoms with van der Waals surface area (Å²) in [7, 11) is 0. The van der Waals surface area contributed by atoms with Gasteiger partial charge in [0.25, 0.3) is 0 Å². The van der Waals surface area contributed by atoms with E-state index in [4.69, 9.17) is 11.6 Å². The number of carboxylic acid groups (broad SMARTS) is 1. The molecule has 2 aromatic carbocycles. The minimum atomic E-state index is -1.08. The molecule has 0 aliphatic rings. The fraction of sp³-hybridized carbons (Fsp3) is 0.0625. The molecule has 21 heavy (non-hydrogen) atoms. The fourth-order valence-corrected chi connectivity index (χ4v) is 3.25. The maximum absolute atomic E-state index is 10.8. The summed E-state index contributed by atoms with van der Waals surface area (Å²) in [5, 5.41) is 12.4. The molecule has 0 spiro atoms. The van der Waals surface area contributed by atoms with Crippen LogP contribution in [-0.4, -0.2) is 16.7 Å². The number of H-pyrrole nitrogens is 1. The average molecular weight is 317 g/mol. The molecule has 3 aromatic rings. The van der Waals surface area contributed by atoms with Gasteiger partial charge in [-0.25, -0.2) is 0 Å². The number of para-hydroxylation sites is 1. The van der Waals surface area contributed by atoms with Crippen LogP contribution in [0.1, 0.15) is 0 Å². The van der Waals surface area contributed by atoms with E-state index in [0.717, 1.165) is 27.1 Å². The molecule has 0 bridgehead atoms. The minimum Gasteiger partial charge on any atom is -0.549 e. The highest BCUT2D eigenvalue weighted by atomic mass is 35.5. The molecule has 0 radical (unpaired) electrons. The van der Waals surface area contributed by atoms with Crippen LogP contribution in [0.3, 0.4) is 0 Å². The zero-order chi connectivity index (χ0) is 14.8. The molecule has 1 N–H and O–H groups in total. The predicted octanol–water partition coefficient (Wildman–Crippen LogP) is 3.33. The molecule has 0 saturated heterocycles. The Morgan fingerprint density at radius 3 is 2.57 bits per heavy atom. The monoisotopic (exact) mass is 316 g/mol. The molecular formula is C16H11ClNO2S-. The van der Waals surface area contributed by atoms with Crippen LogP contribution < -0.4 is 5.11 Å². The highest BCUT2D eigenvalue weighted by molar-refractivity contribution is 8.00. The molecule has 0 unspecified atom stereocenters. The number of carbonyl (C=O) groups excluding carboxylic acids is 1. The van der Waals surface area contributed by atoms with Gasteiger partial charge in [0, 0.05) is 26.6 Å². The van der Waals surface area contributed by atoms with Crippen molar-refractivity contribution in [2.75, 3.05) is 5.75 Å². The van der Waals surface area contributed by atoms with Crippen LogP contribution in [0.5, 0.6) is 0 Å². The zero-order valence-electron chi connectivity index (χ0n) is 10.9. The fourth-order valence-electron chi connectivity index (χ4n) is 2.22. The number of benzene rings is 2. The summed E-state index contributed by atoms with van der Waals surface area (Å²) in [6.07, 6.45) is 0. The number of hydrogen-bond acceptors (Lipinski definition) is 3. The van der Waals surface area contributed by atoms with Gasteiger partial charge in [0.1, 0.15) is 0 Å². The molecule has 3 rings (SSSR count). The number of rotatable bonds is 4. The number of thioether (sulfide) groups is 1. The van der Waals surface area contributed by atoms with Gasteiger partial charge in [-0.15, -0.1) is 11.8 Å². The number of halogens is 1. The van der Waals surface area contributed by atoms with Crippen molar-refractivity contribution in [2.45, 2.75) is 4.90 Å². The maximum atomic E-state index is 10.8. The van der Waals surface area contributed by atoms with Crippen LogP contribution in [0.15, 0.2) is 53.4 Å². The van der Waals surface area contributed by atoms with Crippen LogP contribution >= 0.6 is 23.4 Å². The largest absolute Gasteiger partial charge is 0.549 e. The second-order valence-corrected chi connectivity index (χ2v) is 5.96. The van der Waals surface area contributed by atoms with Crippen LogP contribution in [0.2, 0.25) is 5.02 Å². The van der Waals surface area contributed by atoms with E-state index in [1.54, 1.807) is 0 Å². The number of fused-ring (bicyclic) bond motifs is 1.